The number of aliphatic hydroxyl groups is 1. The second-order valence-corrected chi connectivity index (χ2v) is 3.55. The van der Waals surface area contributed by atoms with E-state index in [9.17, 15) is 14.7 Å². The van der Waals surface area contributed by atoms with Crippen molar-refractivity contribution in [3.05, 3.63) is 12.2 Å². The average Bonchev–Trinajstić information content (AvgIpc) is 2.76. The van der Waals surface area contributed by atoms with Gasteiger partial charge in [-0.2, -0.15) is 5.10 Å². The lowest BCUT2D eigenvalue weighted by Gasteiger charge is -2.23. The van der Waals surface area contributed by atoms with E-state index >= 15 is 0 Å². The molecule has 0 aliphatic rings. The fraction of sp³-hybridized carbons (Fsp3) is 0.600. The molecule has 18 heavy (non-hydrogen) atoms. The third-order valence-electron chi connectivity index (χ3n) is 2.31. The molecule has 0 bridgehead atoms. The number of carbonyl (C=O) groups is 2. The predicted octanol–water partition coefficient (Wildman–Crippen LogP) is -0.477. The Morgan fingerprint density at radius 1 is 1.50 bits per heavy atom. The molecule has 0 aromatic carbocycles. The van der Waals surface area contributed by atoms with Gasteiger partial charge in [0.05, 0.1) is 13.0 Å². The van der Waals surface area contributed by atoms with Crippen molar-refractivity contribution in [2.24, 2.45) is 0 Å². The smallest absolute Gasteiger partial charge is 0.346 e. The molecule has 1 atom stereocenters. The molecule has 8 nitrogen and oxygen atoms in total. The Bertz CT molecular complexity index is 444. The quantitative estimate of drug-likeness (QED) is 0.661. The van der Waals surface area contributed by atoms with Crippen molar-refractivity contribution in [2.45, 2.75) is 32.4 Å². The van der Waals surface area contributed by atoms with Crippen LogP contribution >= 0.6 is 0 Å². The zero-order valence-electron chi connectivity index (χ0n) is 10.2. The number of carboxylic acid groups (broad SMARTS) is 1. The van der Waals surface area contributed by atoms with Crippen molar-refractivity contribution in [1.29, 1.82) is 0 Å². The van der Waals surface area contributed by atoms with E-state index in [1.54, 1.807) is 13.8 Å². The SMILES string of the molecule is CCOC(=O)C(O)(CC(=O)O)c1ncnn1CC. The minimum atomic E-state index is -2.33. The first-order valence-corrected chi connectivity index (χ1v) is 5.45. The summed E-state index contributed by atoms with van der Waals surface area (Å²) in [5, 5.41) is 22.9. The summed E-state index contributed by atoms with van der Waals surface area (Å²) < 4.78 is 5.95. The van der Waals surface area contributed by atoms with Crippen LogP contribution in [0.1, 0.15) is 26.1 Å². The fourth-order valence-electron chi connectivity index (χ4n) is 1.53. The Balaban J connectivity index is 3.19. The van der Waals surface area contributed by atoms with E-state index in [-0.39, 0.29) is 12.4 Å². The van der Waals surface area contributed by atoms with Crippen molar-refractivity contribution in [1.82, 2.24) is 14.8 Å². The molecular weight excluding hydrogens is 242 g/mol. The second kappa shape index (κ2) is 5.58. The van der Waals surface area contributed by atoms with Crippen LogP contribution in [-0.2, 0) is 26.5 Å². The number of hydrogen-bond donors (Lipinski definition) is 2. The molecule has 0 amide bonds. The Labute approximate surface area is 103 Å². The fourth-order valence-corrected chi connectivity index (χ4v) is 1.53. The van der Waals surface area contributed by atoms with E-state index in [4.69, 9.17) is 9.84 Å². The third kappa shape index (κ3) is 2.65. The topological polar surface area (TPSA) is 115 Å². The summed E-state index contributed by atoms with van der Waals surface area (Å²) in [6, 6.07) is 0. The van der Waals surface area contributed by atoms with Gasteiger partial charge < -0.3 is 14.9 Å². The molecule has 1 unspecified atom stereocenters. The van der Waals surface area contributed by atoms with E-state index in [0.29, 0.717) is 6.54 Å². The maximum Gasteiger partial charge on any atom is 0.346 e. The zero-order chi connectivity index (χ0) is 13.8. The molecule has 0 aliphatic heterocycles. The molecule has 0 fully saturated rings. The number of ether oxygens (including phenoxy) is 1. The largest absolute Gasteiger partial charge is 0.481 e. The average molecular weight is 257 g/mol. The van der Waals surface area contributed by atoms with Crippen molar-refractivity contribution in [3.63, 3.8) is 0 Å². The number of aliphatic carboxylic acids is 1. The van der Waals surface area contributed by atoms with Gasteiger partial charge in [0.25, 0.3) is 0 Å². The van der Waals surface area contributed by atoms with E-state index < -0.39 is 24.0 Å². The Hall–Kier alpha value is -1.96. The van der Waals surface area contributed by atoms with Crippen LogP contribution in [0.15, 0.2) is 6.33 Å². The molecule has 0 saturated carbocycles. The van der Waals surface area contributed by atoms with Gasteiger partial charge in [-0.05, 0) is 13.8 Å². The Morgan fingerprint density at radius 2 is 2.17 bits per heavy atom. The number of rotatable bonds is 6. The van der Waals surface area contributed by atoms with Crippen LogP contribution in [0.4, 0.5) is 0 Å². The van der Waals surface area contributed by atoms with Crippen LogP contribution < -0.4 is 0 Å². The standard InChI is InChI=1S/C10H15N3O5/c1-3-13-8(11-6-12-13)10(17,5-7(14)15)9(16)18-4-2/h6,17H,3-5H2,1-2H3,(H,14,15). The summed E-state index contributed by atoms with van der Waals surface area (Å²) in [6.07, 6.45) is 0.315. The minimum Gasteiger partial charge on any atom is -0.481 e. The van der Waals surface area contributed by atoms with Gasteiger partial charge in [-0.1, -0.05) is 0 Å². The van der Waals surface area contributed by atoms with E-state index in [1.807, 2.05) is 0 Å². The van der Waals surface area contributed by atoms with Crippen LogP contribution in [0.2, 0.25) is 0 Å². The number of hydrogen-bond acceptors (Lipinski definition) is 6. The highest BCUT2D eigenvalue weighted by Gasteiger charge is 2.46. The molecule has 100 valence electrons. The van der Waals surface area contributed by atoms with Crippen LogP contribution in [0.3, 0.4) is 0 Å². The molecule has 0 radical (unpaired) electrons. The van der Waals surface area contributed by atoms with Crippen molar-refractivity contribution < 1.29 is 24.5 Å². The van der Waals surface area contributed by atoms with E-state index in [0.717, 1.165) is 6.33 Å². The van der Waals surface area contributed by atoms with E-state index in [2.05, 4.69) is 10.1 Å². The molecule has 0 aliphatic carbocycles. The van der Waals surface area contributed by atoms with Gasteiger partial charge in [-0.3, -0.25) is 4.79 Å². The number of aromatic nitrogens is 3. The number of carboxylic acids is 1. The molecule has 1 rings (SSSR count). The first kappa shape index (κ1) is 14.1. The molecule has 1 heterocycles. The zero-order valence-corrected chi connectivity index (χ0v) is 10.2. The molecule has 2 N–H and O–H groups in total. The number of esters is 1. The minimum absolute atomic E-state index is 0.0288. The third-order valence-corrected chi connectivity index (χ3v) is 2.31. The monoisotopic (exact) mass is 257 g/mol. The molecule has 8 heteroatoms. The lowest BCUT2D eigenvalue weighted by atomic mass is 9.99. The van der Waals surface area contributed by atoms with Gasteiger partial charge in [0.15, 0.2) is 5.82 Å². The van der Waals surface area contributed by atoms with Gasteiger partial charge in [0.2, 0.25) is 5.60 Å². The van der Waals surface area contributed by atoms with Gasteiger partial charge in [-0.15, -0.1) is 0 Å². The highest BCUT2D eigenvalue weighted by atomic mass is 16.5. The molecule has 0 saturated heterocycles. The van der Waals surface area contributed by atoms with Gasteiger partial charge in [0, 0.05) is 6.54 Å². The highest BCUT2D eigenvalue weighted by Crippen LogP contribution is 2.25. The Morgan fingerprint density at radius 3 is 2.67 bits per heavy atom. The summed E-state index contributed by atoms with van der Waals surface area (Å²) >= 11 is 0. The highest BCUT2D eigenvalue weighted by molar-refractivity contribution is 5.85. The van der Waals surface area contributed by atoms with Gasteiger partial charge in [0.1, 0.15) is 6.33 Å². The summed E-state index contributed by atoms with van der Waals surface area (Å²) in [5.41, 5.74) is -2.33. The molecule has 0 spiro atoms. The normalized spacial score (nSPS) is 13.9. The molecular formula is C10H15N3O5. The van der Waals surface area contributed by atoms with Crippen molar-refractivity contribution >= 4 is 11.9 Å². The van der Waals surface area contributed by atoms with Gasteiger partial charge >= 0.3 is 11.9 Å². The molecule has 1 aromatic heterocycles. The Kier molecular flexibility index (Phi) is 4.38. The number of nitrogens with zero attached hydrogens (tertiary/aromatic N) is 3. The first-order valence-electron chi connectivity index (χ1n) is 5.45. The summed E-state index contributed by atoms with van der Waals surface area (Å²) in [6.45, 7) is 3.66. The lowest BCUT2D eigenvalue weighted by molar-refractivity contribution is -0.173. The first-order chi connectivity index (χ1) is 8.45. The van der Waals surface area contributed by atoms with Gasteiger partial charge in [-0.25, -0.2) is 14.5 Å². The number of carbonyl (C=O) groups excluding carboxylic acids is 1. The lowest BCUT2D eigenvalue weighted by Crippen LogP contribution is -2.42. The number of aryl methyl sites for hydroxylation is 1. The van der Waals surface area contributed by atoms with Crippen molar-refractivity contribution in [2.75, 3.05) is 6.61 Å². The van der Waals surface area contributed by atoms with Crippen LogP contribution in [0.5, 0.6) is 0 Å². The summed E-state index contributed by atoms with van der Waals surface area (Å²) in [5.74, 6) is -2.52. The van der Waals surface area contributed by atoms with Crippen LogP contribution in [0, 0.1) is 0 Å². The van der Waals surface area contributed by atoms with Crippen LogP contribution in [-0.4, -0.2) is 43.5 Å². The second-order valence-electron chi connectivity index (χ2n) is 3.55. The summed E-state index contributed by atoms with van der Waals surface area (Å²) in [7, 11) is 0. The summed E-state index contributed by atoms with van der Waals surface area (Å²) in [4.78, 5) is 26.3. The predicted molar refractivity (Wildman–Crippen MR) is 58.5 cm³/mol. The maximum atomic E-state index is 11.8. The molecule has 1 aromatic rings. The van der Waals surface area contributed by atoms with Crippen molar-refractivity contribution in [3.8, 4) is 0 Å². The van der Waals surface area contributed by atoms with E-state index in [1.165, 1.54) is 4.68 Å². The van der Waals surface area contributed by atoms with Crippen LogP contribution in [0.25, 0.3) is 0 Å². The maximum absolute atomic E-state index is 11.8.